The first kappa shape index (κ1) is 21.9. The first-order valence-electron chi connectivity index (χ1n) is 8.95. The van der Waals surface area contributed by atoms with Crippen LogP contribution in [0, 0.1) is 0 Å². The molecule has 1 N–H and O–H groups in total. The van der Waals surface area contributed by atoms with E-state index in [0.717, 1.165) is 6.42 Å². The summed E-state index contributed by atoms with van der Waals surface area (Å²) >= 11 is 0. The second-order valence-corrected chi connectivity index (χ2v) is 5.49. The van der Waals surface area contributed by atoms with Gasteiger partial charge in [0.1, 0.15) is 0 Å². The van der Waals surface area contributed by atoms with Crippen molar-refractivity contribution in [2.45, 2.75) is 58.3 Å². The van der Waals surface area contributed by atoms with Gasteiger partial charge in [-0.05, 0) is 38.5 Å². The summed E-state index contributed by atoms with van der Waals surface area (Å²) in [5, 5.41) is 8.48. The highest BCUT2D eigenvalue weighted by molar-refractivity contribution is 5.66. The fourth-order valence-corrected chi connectivity index (χ4v) is 1.87. The summed E-state index contributed by atoms with van der Waals surface area (Å²) in [5.74, 6) is -0.759. The maximum Gasteiger partial charge on any atom is 0.303 e. The molecule has 0 aliphatic carbocycles. The lowest BCUT2D eigenvalue weighted by Crippen LogP contribution is -1.91. The van der Waals surface area contributed by atoms with Gasteiger partial charge in [0.2, 0.25) is 0 Å². The van der Waals surface area contributed by atoms with E-state index in [1.54, 1.807) is 0 Å². The van der Waals surface area contributed by atoms with Crippen LogP contribution in [0.2, 0.25) is 0 Å². The molecule has 0 radical (unpaired) electrons. The largest absolute Gasteiger partial charge is 0.481 e. The molecule has 0 aliphatic rings. The highest BCUT2D eigenvalue weighted by Crippen LogP contribution is 2.02. The summed E-state index contributed by atoms with van der Waals surface area (Å²) in [5.41, 5.74) is 0. The van der Waals surface area contributed by atoms with Crippen LogP contribution in [0.15, 0.2) is 72.9 Å². The average molecular weight is 328 g/mol. The van der Waals surface area contributed by atoms with Gasteiger partial charge in [0.05, 0.1) is 0 Å². The van der Waals surface area contributed by atoms with Crippen LogP contribution in [0.3, 0.4) is 0 Å². The van der Waals surface area contributed by atoms with E-state index in [9.17, 15) is 4.79 Å². The molecular formula is C22H32O2. The lowest BCUT2D eigenvalue weighted by Gasteiger charge is -1.92. The molecule has 0 aromatic carbocycles. The number of unbranched alkanes of at least 4 members (excludes halogenated alkanes) is 4. The molecule has 0 bridgehead atoms. The zero-order valence-electron chi connectivity index (χ0n) is 14.9. The summed E-state index contributed by atoms with van der Waals surface area (Å²) in [6.45, 7) is 2.20. The predicted molar refractivity (Wildman–Crippen MR) is 105 cm³/mol. The first-order valence-corrected chi connectivity index (χ1v) is 8.95. The number of rotatable bonds is 14. The van der Waals surface area contributed by atoms with Gasteiger partial charge < -0.3 is 5.11 Å². The highest BCUT2D eigenvalue weighted by Gasteiger charge is 1.90. The van der Waals surface area contributed by atoms with Crippen molar-refractivity contribution in [3.05, 3.63) is 72.9 Å². The summed E-state index contributed by atoms with van der Waals surface area (Å²) in [4.78, 5) is 10.3. The van der Waals surface area contributed by atoms with E-state index in [4.69, 9.17) is 5.11 Å². The van der Waals surface area contributed by atoms with Crippen LogP contribution in [0.5, 0.6) is 0 Å². The molecular weight excluding hydrogens is 296 g/mol. The van der Waals surface area contributed by atoms with Gasteiger partial charge >= 0.3 is 5.97 Å². The van der Waals surface area contributed by atoms with Crippen molar-refractivity contribution in [3.63, 3.8) is 0 Å². The first-order chi connectivity index (χ1) is 11.8. The summed E-state index contributed by atoms with van der Waals surface area (Å²) in [7, 11) is 0. The minimum absolute atomic E-state index is 0.185. The van der Waals surface area contributed by atoms with Gasteiger partial charge in [-0.1, -0.05) is 86.3 Å². The van der Waals surface area contributed by atoms with Crippen LogP contribution in [0.4, 0.5) is 0 Å². The van der Waals surface area contributed by atoms with Gasteiger partial charge in [-0.2, -0.15) is 0 Å². The molecule has 132 valence electrons. The van der Waals surface area contributed by atoms with Crippen LogP contribution in [-0.2, 0) is 4.79 Å². The van der Waals surface area contributed by atoms with Crippen molar-refractivity contribution >= 4 is 5.97 Å². The van der Waals surface area contributed by atoms with Crippen molar-refractivity contribution in [2.75, 3.05) is 0 Å². The molecule has 0 saturated heterocycles. The van der Waals surface area contributed by atoms with Crippen LogP contribution in [-0.4, -0.2) is 11.1 Å². The molecule has 0 heterocycles. The van der Waals surface area contributed by atoms with Crippen LogP contribution >= 0.6 is 0 Å². The fourth-order valence-electron chi connectivity index (χ4n) is 1.87. The maximum atomic E-state index is 10.3. The summed E-state index contributed by atoms with van der Waals surface area (Å²) in [6, 6.07) is 0. The Morgan fingerprint density at radius 3 is 1.67 bits per heavy atom. The molecule has 0 unspecified atom stereocenters. The topological polar surface area (TPSA) is 37.3 Å². The normalized spacial score (nSPS) is 13.0. The van der Waals surface area contributed by atoms with E-state index in [-0.39, 0.29) is 6.42 Å². The molecule has 24 heavy (non-hydrogen) atoms. The molecule has 0 rings (SSSR count). The fraction of sp³-hybridized carbons (Fsp3) is 0.409. The number of allylic oxidation sites excluding steroid dienone is 12. The Kier molecular flexibility index (Phi) is 17.3. The smallest absolute Gasteiger partial charge is 0.303 e. The second-order valence-electron chi connectivity index (χ2n) is 5.49. The van der Waals surface area contributed by atoms with E-state index in [0.29, 0.717) is 6.42 Å². The van der Waals surface area contributed by atoms with Crippen molar-refractivity contribution in [1.29, 1.82) is 0 Å². The van der Waals surface area contributed by atoms with Gasteiger partial charge in [-0.3, -0.25) is 4.79 Å². The standard InChI is InChI=1S/C22H32O2/c1-2-3-4-5-6-7-8-9-10-11-12-13-14-15-16-17-18-19-20-21-22(23)24/h4-5,10-19H,2-3,6-9,20-21H2,1H3,(H,23,24)/b5-4+,11-10+,13-12+,15-14+,17-16+,19-18+. The summed E-state index contributed by atoms with van der Waals surface area (Å²) in [6.07, 6.45) is 32.4. The second kappa shape index (κ2) is 19.0. The van der Waals surface area contributed by atoms with Crippen molar-refractivity contribution in [2.24, 2.45) is 0 Å². The number of carboxylic acid groups (broad SMARTS) is 1. The lowest BCUT2D eigenvalue weighted by molar-refractivity contribution is -0.136. The van der Waals surface area contributed by atoms with Gasteiger partial charge in [0, 0.05) is 6.42 Å². The molecule has 0 aromatic heterocycles. The van der Waals surface area contributed by atoms with Crippen LogP contribution in [0.1, 0.15) is 58.3 Å². The van der Waals surface area contributed by atoms with Crippen LogP contribution in [0.25, 0.3) is 0 Å². The van der Waals surface area contributed by atoms with Crippen molar-refractivity contribution < 1.29 is 9.90 Å². The minimum Gasteiger partial charge on any atom is -0.481 e. The van der Waals surface area contributed by atoms with E-state index < -0.39 is 5.97 Å². The Labute approximate surface area is 147 Å². The monoisotopic (exact) mass is 328 g/mol. The number of carbonyl (C=O) groups is 1. The summed E-state index contributed by atoms with van der Waals surface area (Å²) < 4.78 is 0. The third-order valence-electron chi connectivity index (χ3n) is 3.19. The van der Waals surface area contributed by atoms with Crippen LogP contribution < -0.4 is 0 Å². The van der Waals surface area contributed by atoms with E-state index in [1.165, 1.54) is 32.1 Å². The number of hydrogen-bond donors (Lipinski definition) is 1. The highest BCUT2D eigenvalue weighted by atomic mass is 16.4. The zero-order chi connectivity index (χ0) is 17.7. The Morgan fingerprint density at radius 1 is 0.667 bits per heavy atom. The van der Waals surface area contributed by atoms with Crippen molar-refractivity contribution in [1.82, 2.24) is 0 Å². The van der Waals surface area contributed by atoms with E-state index in [1.807, 2.05) is 48.6 Å². The molecule has 0 atom stereocenters. The lowest BCUT2D eigenvalue weighted by atomic mass is 10.1. The molecule has 2 heteroatoms. The van der Waals surface area contributed by atoms with Crippen molar-refractivity contribution in [3.8, 4) is 0 Å². The number of hydrogen-bond acceptors (Lipinski definition) is 1. The Morgan fingerprint density at radius 2 is 1.12 bits per heavy atom. The Bertz CT molecular complexity index is 462. The Balaban J connectivity index is 3.57. The maximum absolute atomic E-state index is 10.3. The molecule has 0 fully saturated rings. The minimum atomic E-state index is -0.759. The zero-order valence-corrected chi connectivity index (χ0v) is 14.9. The molecule has 2 nitrogen and oxygen atoms in total. The number of carboxylic acids is 1. The van der Waals surface area contributed by atoms with E-state index >= 15 is 0 Å². The Hall–Kier alpha value is -2.09. The molecule has 0 amide bonds. The molecule has 0 spiro atoms. The third kappa shape index (κ3) is 19.9. The SMILES string of the molecule is CCC/C=C/CCCC/C=C/C=C/C=C/C=C/C=C/CCC(=O)O. The quantitative estimate of drug-likeness (QED) is 0.223. The van der Waals surface area contributed by atoms with Gasteiger partial charge in [-0.25, -0.2) is 0 Å². The number of aliphatic carboxylic acids is 1. The molecule has 0 aromatic rings. The third-order valence-corrected chi connectivity index (χ3v) is 3.19. The van der Waals surface area contributed by atoms with Gasteiger partial charge in [0.15, 0.2) is 0 Å². The molecule has 0 saturated carbocycles. The van der Waals surface area contributed by atoms with Gasteiger partial charge in [-0.15, -0.1) is 0 Å². The van der Waals surface area contributed by atoms with Gasteiger partial charge in [0.25, 0.3) is 0 Å². The predicted octanol–water partition coefficient (Wildman–Crippen LogP) is 6.55. The van der Waals surface area contributed by atoms with E-state index in [2.05, 4.69) is 31.2 Å². The average Bonchev–Trinajstić information content (AvgIpc) is 2.56. The molecule has 0 aliphatic heterocycles.